The Labute approximate surface area is 209 Å². The number of aliphatic imine (C=N–C) groups is 1. The number of methoxy groups -OCH3 is 1. The minimum Gasteiger partial charge on any atom is -0.496 e. The van der Waals surface area contributed by atoms with Crippen LogP contribution in [0.25, 0.3) is 0 Å². The lowest BCUT2D eigenvalue weighted by atomic mass is 9.93. The lowest BCUT2D eigenvalue weighted by molar-refractivity contribution is -0.139. The molecule has 1 aromatic carbocycles. The third-order valence-electron chi connectivity index (χ3n) is 6.34. The highest BCUT2D eigenvalue weighted by Gasteiger charge is 2.42. The maximum Gasteiger partial charge on any atom is 0.338 e. The number of allylic oxidation sites excluding steroid dienone is 1. The van der Waals surface area contributed by atoms with E-state index in [1.54, 1.807) is 37.7 Å². The molecule has 3 heterocycles. The van der Waals surface area contributed by atoms with Gasteiger partial charge in [-0.1, -0.05) is 30.0 Å². The van der Waals surface area contributed by atoms with Gasteiger partial charge < -0.3 is 24.2 Å². The van der Waals surface area contributed by atoms with Gasteiger partial charge in [0.25, 0.3) is 0 Å². The van der Waals surface area contributed by atoms with Crippen molar-refractivity contribution >= 4 is 34.7 Å². The predicted octanol–water partition coefficient (Wildman–Crippen LogP) is 2.91. The third-order valence-corrected chi connectivity index (χ3v) is 7.23. The monoisotopic (exact) mass is 498 g/mol. The van der Waals surface area contributed by atoms with Crippen molar-refractivity contribution < 1.29 is 23.9 Å². The first-order chi connectivity index (χ1) is 16.8. The van der Waals surface area contributed by atoms with Crippen molar-refractivity contribution in [1.82, 2.24) is 14.7 Å². The zero-order valence-corrected chi connectivity index (χ0v) is 21.3. The number of fused-ring (bicyclic) bond motifs is 1. The zero-order valence-electron chi connectivity index (χ0n) is 20.4. The number of hydrogen-bond acceptors (Lipinski definition) is 8. The molecule has 0 saturated carbocycles. The van der Waals surface area contributed by atoms with Crippen LogP contribution in [0.3, 0.4) is 0 Å². The number of para-hydroxylation sites is 1. The molecular weight excluding hydrogens is 468 g/mol. The Kier molecular flexibility index (Phi) is 7.49. The van der Waals surface area contributed by atoms with Crippen LogP contribution in [0.15, 0.2) is 51.6 Å². The predicted molar refractivity (Wildman–Crippen MR) is 133 cm³/mol. The van der Waals surface area contributed by atoms with Crippen LogP contribution in [0, 0.1) is 0 Å². The van der Waals surface area contributed by atoms with Gasteiger partial charge in [-0.15, -0.1) is 0 Å². The van der Waals surface area contributed by atoms with Crippen molar-refractivity contribution in [3.63, 3.8) is 0 Å². The van der Waals surface area contributed by atoms with Crippen LogP contribution < -0.4 is 4.74 Å². The van der Waals surface area contributed by atoms with E-state index in [0.29, 0.717) is 48.4 Å². The first-order valence-corrected chi connectivity index (χ1v) is 12.5. The maximum atomic E-state index is 13.2. The molecule has 10 heteroatoms. The van der Waals surface area contributed by atoms with Crippen molar-refractivity contribution in [3.8, 4) is 5.75 Å². The number of amides is 2. The molecule has 0 N–H and O–H groups in total. The lowest BCUT2D eigenvalue weighted by Gasteiger charge is -2.38. The molecule has 1 aromatic rings. The molecule has 186 valence electrons. The molecular formula is C25H30N4O5S. The minimum atomic E-state index is -0.540. The lowest BCUT2D eigenvalue weighted by Crippen LogP contribution is -2.50. The van der Waals surface area contributed by atoms with Gasteiger partial charge >= 0.3 is 5.97 Å². The quantitative estimate of drug-likeness (QED) is 0.557. The summed E-state index contributed by atoms with van der Waals surface area (Å²) in [6, 6.07) is 7.00. The summed E-state index contributed by atoms with van der Waals surface area (Å²) in [7, 11) is 1.59. The summed E-state index contributed by atoms with van der Waals surface area (Å²) in [6.07, 6.45) is 0.160. The van der Waals surface area contributed by atoms with Crippen molar-refractivity contribution in [3.05, 3.63) is 52.2 Å². The Morgan fingerprint density at radius 3 is 2.46 bits per heavy atom. The summed E-state index contributed by atoms with van der Waals surface area (Å²) in [5.41, 5.74) is 2.56. The number of esters is 1. The van der Waals surface area contributed by atoms with Crippen LogP contribution in [-0.4, -0.2) is 77.5 Å². The topological polar surface area (TPSA) is 91.8 Å². The molecule has 0 bridgehead atoms. The van der Waals surface area contributed by atoms with E-state index in [1.807, 2.05) is 34.6 Å². The Bertz CT molecular complexity index is 1120. The van der Waals surface area contributed by atoms with Gasteiger partial charge in [-0.3, -0.25) is 9.59 Å². The number of hydrogen-bond donors (Lipinski definition) is 0. The SMILES string of the molecule is CCOC(=O)C1=C(C)N=C2SC=C(CC(=O)N3CCN(C(C)=O)CC3)N2C1c1ccccc1OC. The first-order valence-electron chi connectivity index (χ1n) is 11.6. The average Bonchev–Trinajstić information content (AvgIpc) is 3.25. The summed E-state index contributed by atoms with van der Waals surface area (Å²) in [4.78, 5) is 48.1. The van der Waals surface area contributed by atoms with Crippen LogP contribution in [0.5, 0.6) is 5.75 Å². The molecule has 2 amide bonds. The van der Waals surface area contributed by atoms with Gasteiger partial charge in [0.2, 0.25) is 11.8 Å². The fraction of sp³-hybridized carbons (Fsp3) is 0.440. The molecule has 1 fully saturated rings. The van der Waals surface area contributed by atoms with E-state index in [-0.39, 0.29) is 24.8 Å². The fourth-order valence-electron chi connectivity index (χ4n) is 4.56. The van der Waals surface area contributed by atoms with E-state index in [9.17, 15) is 14.4 Å². The number of benzene rings is 1. The molecule has 3 aliphatic rings. The van der Waals surface area contributed by atoms with Crippen LogP contribution in [-0.2, 0) is 19.1 Å². The molecule has 1 saturated heterocycles. The largest absolute Gasteiger partial charge is 0.496 e. The Morgan fingerprint density at radius 2 is 1.80 bits per heavy atom. The number of amidine groups is 1. The van der Waals surface area contributed by atoms with E-state index < -0.39 is 12.0 Å². The van der Waals surface area contributed by atoms with Crippen LogP contribution in [0.2, 0.25) is 0 Å². The average molecular weight is 499 g/mol. The standard InChI is InChI=1S/C25H30N4O5S/c1-5-34-24(32)22-16(2)26-25-29(23(22)19-8-6-7-9-20(19)33-4)18(15-35-25)14-21(31)28-12-10-27(11-13-28)17(3)30/h6-9,15,23H,5,10-14H2,1-4H3. The molecule has 9 nitrogen and oxygen atoms in total. The summed E-state index contributed by atoms with van der Waals surface area (Å²) in [5, 5.41) is 2.63. The highest BCUT2D eigenvalue weighted by atomic mass is 32.2. The normalized spacial score (nSPS) is 19.8. The molecule has 0 spiro atoms. The van der Waals surface area contributed by atoms with Crippen LogP contribution in [0.4, 0.5) is 0 Å². The van der Waals surface area contributed by atoms with Gasteiger partial charge in [-0.2, -0.15) is 0 Å². The van der Waals surface area contributed by atoms with E-state index in [0.717, 1.165) is 11.3 Å². The molecule has 0 aromatic heterocycles. The Morgan fingerprint density at radius 1 is 1.11 bits per heavy atom. The van der Waals surface area contributed by atoms with E-state index in [2.05, 4.69) is 4.99 Å². The number of carbonyl (C=O) groups is 3. The molecule has 3 aliphatic heterocycles. The second-order valence-corrected chi connectivity index (χ2v) is 9.26. The minimum absolute atomic E-state index is 0.0227. The smallest absolute Gasteiger partial charge is 0.338 e. The molecule has 0 radical (unpaired) electrons. The maximum absolute atomic E-state index is 13.2. The van der Waals surface area contributed by atoms with Crippen molar-refractivity contribution in [2.75, 3.05) is 39.9 Å². The fourth-order valence-corrected chi connectivity index (χ4v) is 5.53. The number of piperazine rings is 1. The highest BCUT2D eigenvalue weighted by Crippen LogP contribution is 2.47. The number of ether oxygens (including phenoxy) is 2. The van der Waals surface area contributed by atoms with Crippen LogP contribution in [0.1, 0.15) is 38.8 Å². The molecule has 35 heavy (non-hydrogen) atoms. The summed E-state index contributed by atoms with van der Waals surface area (Å²) in [6.45, 7) is 7.43. The van der Waals surface area contributed by atoms with E-state index in [4.69, 9.17) is 9.47 Å². The number of thioether (sulfide) groups is 1. The summed E-state index contributed by atoms with van der Waals surface area (Å²) >= 11 is 1.43. The number of rotatable bonds is 6. The summed E-state index contributed by atoms with van der Waals surface area (Å²) in [5.74, 6) is 0.196. The highest BCUT2D eigenvalue weighted by molar-refractivity contribution is 8.16. The van der Waals surface area contributed by atoms with Gasteiger partial charge in [0.1, 0.15) is 5.75 Å². The van der Waals surface area contributed by atoms with Crippen LogP contribution >= 0.6 is 11.8 Å². The molecule has 0 aliphatic carbocycles. The zero-order chi connectivity index (χ0) is 25.1. The van der Waals surface area contributed by atoms with E-state index in [1.165, 1.54) is 11.8 Å². The number of nitrogens with zero attached hydrogens (tertiary/aromatic N) is 4. The van der Waals surface area contributed by atoms with Crippen molar-refractivity contribution in [1.29, 1.82) is 0 Å². The van der Waals surface area contributed by atoms with Gasteiger partial charge in [0.05, 0.1) is 37.4 Å². The second kappa shape index (κ2) is 10.6. The Hall–Kier alpha value is -3.27. The number of carbonyl (C=O) groups excluding carboxylic acids is 3. The van der Waals surface area contributed by atoms with Crippen molar-refractivity contribution in [2.45, 2.75) is 33.2 Å². The third kappa shape index (κ3) is 4.93. The van der Waals surface area contributed by atoms with Crippen molar-refractivity contribution in [2.24, 2.45) is 4.99 Å². The first kappa shape index (κ1) is 24.8. The molecule has 4 rings (SSSR count). The van der Waals surface area contributed by atoms with Gasteiger partial charge in [0.15, 0.2) is 5.17 Å². The van der Waals surface area contributed by atoms with Gasteiger partial charge in [-0.25, -0.2) is 9.79 Å². The Balaban J connectivity index is 1.64. The molecule has 1 atom stereocenters. The van der Waals surface area contributed by atoms with Gasteiger partial charge in [0, 0.05) is 44.4 Å². The summed E-state index contributed by atoms with van der Waals surface area (Å²) < 4.78 is 11.0. The second-order valence-electron chi connectivity index (χ2n) is 8.42. The van der Waals surface area contributed by atoms with E-state index >= 15 is 0 Å². The van der Waals surface area contributed by atoms with Gasteiger partial charge in [-0.05, 0) is 25.3 Å². The molecule has 1 unspecified atom stereocenters.